The van der Waals surface area contributed by atoms with E-state index >= 15 is 0 Å². The number of hydrogen-bond donors (Lipinski definition) is 1. The van der Waals surface area contributed by atoms with Crippen LogP contribution in [0.3, 0.4) is 0 Å². The topological polar surface area (TPSA) is 38.3 Å². The van der Waals surface area contributed by atoms with Gasteiger partial charge in [-0.2, -0.15) is 0 Å². The average molecular weight is 361 g/mol. The van der Waals surface area contributed by atoms with E-state index in [1.807, 2.05) is 6.92 Å². The van der Waals surface area contributed by atoms with Gasteiger partial charge in [-0.25, -0.2) is 0 Å². The van der Waals surface area contributed by atoms with Crippen LogP contribution < -0.4 is 10.1 Å². The molecule has 1 aromatic carbocycles. The molecule has 2 aromatic rings. The molecular weight excluding hydrogens is 350 g/mol. The highest BCUT2D eigenvalue weighted by atomic mass is 79.9. The molecule has 0 unspecified atom stereocenters. The molecule has 19 heavy (non-hydrogen) atoms. The summed E-state index contributed by atoms with van der Waals surface area (Å²) in [6, 6.07) is 6.91. The van der Waals surface area contributed by atoms with Crippen molar-refractivity contribution in [2.45, 2.75) is 6.92 Å². The number of hydrogen-bond acceptors (Lipinski definition) is 3. The van der Waals surface area contributed by atoms with Crippen LogP contribution in [0.2, 0.25) is 5.02 Å². The van der Waals surface area contributed by atoms with Crippen LogP contribution in [0.1, 0.15) is 17.3 Å². The maximum absolute atomic E-state index is 12.1. The van der Waals surface area contributed by atoms with Crippen molar-refractivity contribution in [1.29, 1.82) is 0 Å². The van der Waals surface area contributed by atoms with E-state index < -0.39 is 0 Å². The minimum atomic E-state index is -0.190. The van der Waals surface area contributed by atoms with Crippen LogP contribution in [-0.2, 0) is 0 Å². The molecule has 0 atom stereocenters. The van der Waals surface area contributed by atoms with E-state index in [1.165, 1.54) is 11.3 Å². The summed E-state index contributed by atoms with van der Waals surface area (Å²) >= 11 is 10.7. The molecule has 0 aliphatic carbocycles. The van der Waals surface area contributed by atoms with Gasteiger partial charge in [-0.05, 0) is 47.1 Å². The molecule has 1 heterocycles. The fourth-order valence-corrected chi connectivity index (χ4v) is 2.81. The van der Waals surface area contributed by atoms with Gasteiger partial charge in [-0.3, -0.25) is 4.79 Å². The van der Waals surface area contributed by atoms with Crippen molar-refractivity contribution in [3.63, 3.8) is 0 Å². The van der Waals surface area contributed by atoms with Gasteiger partial charge in [-0.1, -0.05) is 11.6 Å². The van der Waals surface area contributed by atoms with Gasteiger partial charge in [-0.15, -0.1) is 11.3 Å². The highest BCUT2D eigenvalue weighted by molar-refractivity contribution is 9.11. The van der Waals surface area contributed by atoms with Gasteiger partial charge in [0, 0.05) is 10.4 Å². The third-order valence-electron chi connectivity index (χ3n) is 2.32. The normalized spacial score (nSPS) is 10.3. The number of amides is 1. The van der Waals surface area contributed by atoms with Crippen molar-refractivity contribution >= 4 is 50.5 Å². The SMILES string of the molecule is CCOc1ccc(Cl)cc1NC(=O)c1csc(Br)c1. The molecule has 2 rings (SSSR count). The number of carbonyl (C=O) groups is 1. The number of carbonyl (C=O) groups excluding carboxylic acids is 1. The smallest absolute Gasteiger partial charge is 0.256 e. The molecule has 6 heteroatoms. The summed E-state index contributed by atoms with van der Waals surface area (Å²) in [5.74, 6) is 0.416. The molecule has 0 spiro atoms. The summed E-state index contributed by atoms with van der Waals surface area (Å²) < 4.78 is 6.36. The standard InChI is InChI=1S/C13H11BrClNO2S/c1-2-18-11-4-3-9(15)6-10(11)16-13(17)8-5-12(14)19-7-8/h3-7H,2H2,1H3,(H,16,17). The summed E-state index contributed by atoms with van der Waals surface area (Å²) in [7, 11) is 0. The lowest BCUT2D eigenvalue weighted by Gasteiger charge is -2.11. The van der Waals surface area contributed by atoms with Crippen LogP contribution in [0.15, 0.2) is 33.4 Å². The lowest BCUT2D eigenvalue weighted by Crippen LogP contribution is -2.12. The van der Waals surface area contributed by atoms with Crippen LogP contribution in [0.4, 0.5) is 5.69 Å². The van der Waals surface area contributed by atoms with Crippen molar-refractivity contribution in [3.8, 4) is 5.75 Å². The Hall–Kier alpha value is -1.04. The maximum atomic E-state index is 12.1. The van der Waals surface area contributed by atoms with E-state index in [0.29, 0.717) is 28.6 Å². The molecule has 0 saturated heterocycles. The average Bonchev–Trinajstić information content (AvgIpc) is 2.80. The minimum Gasteiger partial charge on any atom is -0.492 e. The van der Waals surface area contributed by atoms with E-state index in [0.717, 1.165) is 3.79 Å². The molecule has 3 nitrogen and oxygen atoms in total. The fourth-order valence-electron chi connectivity index (χ4n) is 1.50. The van der Waals surface area contributed by atoms with E-state index in [-0.39, 0.29) is 5.91 Å². The van der Waals surface area contributed by atoms with Crippen LogP contribution in [0.5, 0.6) is 5.75 Å². The zero-order valence-electron chi connectivity index (χ0n) is 10.1. The summed E-state index contributed by atoms with van der Waals surface area (Å²) in [5.41, 5.74) is 1.17. The lowest BCUT2D eigenvalue weighted by molar-refractivity contribution is 0.102. The molecule has 0 radical (unpaired) electrons. The molecule has 1 amide bonds. The monoisotopic (exact) mass is 359 g/mol. The first kappa shape index (κ1) is 14.4. The minimum absolute atomic E-state index is 0.190. The van der Waals surface area contributed by atoms with E-state index in [4.69, 9.17) is 16.3 Å². The summed E-state index contributed by atoms with van der Waals surface area (Å²) in [5, 5.41) is 5.13. The first-order valence-electron chi connectivity index (χ1n) is 5.58. The predicted octanol–water partition coefficient (Wildman–Crippen LogP) is 4.82. The summed E-state index contributed by atoms with van der Waals surface area (Å²) in [6.07, 6.45) is 0. The summed E-state index contributed by atoms with van der Waals surface area (Å²) in [4.78, 5) is 12.1. The van der Waals surface area contributed by atoms with Crippen LogP contribution in [0, 0.1) is 0 Å². The zero-order valence-corrected chi connectivity index (χ0v) is 13.2. The van der Waals surface area contributed by atoms with E-state index in [1.54, 1.807) is 29.6 Å². The molecule has 100 valence electrons. The summed E-state index contributed by atoms with van der Waals surface area (Å²) in [6.45, 7) is 2.41. The van der Waals surface area contributed by atoms with Gasteiger partial charge in [0.15, 0.2) is 0 Å². The zero-order chi connectivity index (χ0) is 13.8. The fraction of sp³-hybridized carbons (Fsp3) is 0.154. The molecule has 1 aromatic heterocycles. The Morgan fingerprint density at radius 2 is 2.26 bits per heavy atom. The van der Waals surface area contributed by atoms with Crippen LogP contribution >= 0.6 is 38.9 Å². The molecule has 0 fully saturated rings. The third-order valence-corrected chi connectivity index (χ3v) is 4.06. The largest absolute Gasteiger partial charge is 0.492 e. The van der Waals surface area contributed by atoms with Crippen molar-refractivity contribution in [1.82, 2.24) is 0 Å². The second-order valence-corrected chi connectivity index (χ2v) is 6.39. The third kappa shape index (κ3) is 3.72. The first-order valence-corrected chi connectivity index (χ1v) is 7.63. The highest BCUT2D eigenvalue weighted by Crippen LogP contribution is 2.29. The number of benzene rings is 1. The van der Waals surface area contributed by atoms with Crippen molar-refractivity contribution in [2.24, 2.45) is 0 Å². The van der Waals surface area contributed by atoms with Crippen molar-refractivity contribution in [2.75, 3.05) is 11.9 Å². The first-order chi connectivity index (χ1) is 9.10. The lowest BCUT2D eigenvalue weighted by atomic mass is 10.2. The number of anilines is 1. The number of thiophene rings is 1. The Morgan fingerprint density at radius 3 is 2.89 bits per heavy atom. The van der Waals surface area contributed by atoms with Crippen LogP contribution in [-0.4, -0.2) is 12.5 Å². The Balaban J connectivity index is 2.22. The molecule has 0 saturated carbocycles. The van der Waals surface area contributed by atoms with Gasteiger partial charge in [0.05, 0.1) is 21.6 Å². The molecule has 1 N–H and O–H groups in total. The highest BCUT2D eigenvalue weighted by Gasteiger charge is 2.12. The Kier molecular flexibility index (Phi) is 4.85. The van der Waals surface area contributed by atoms with Crippen molar-refractivity contribution < 1.29 is 9.53 Å². The number of nitrogens with one attached hydrogen (secondary N) is 1. The molecule has 0 aliphatic rings. The maximum Gasteiger partial charge on any atom is 0.256 e. The van der Waals surface area contributed by atoms with Crippen LogP contribution in [0.25, 0.3) is 0 Å². The van der Waals surface area contributed by atoms with E-state index in [9.17, 15) is 4.79 Å². The van der Waals surface area contributed by atoms with Gasteiger partial charge < -0.3 is 10.1 Å². The molecule has 0 aliphatic heterocycles. The van der Waals surface area contributed by atoms with Gasteiger partial charge >= 0.3 is 0 Å². The Labute approximate surface area is 128 Å². The van der Waals surface area contributed by atoms with Gasteiger partial charge in [0.25, 0.3) is 5.91 Å². The van der Waals surface area contributed by atoms with E-state index in [2.05, 4.69) is 21.2 Å². The Bertz CT molecular complexity index is 600. The second kappa shape index (κ2) is 6.41. The van der Waals surface area contributed by atoms with Crippen molar-refractivity contribution in [3.05, 3.63) is 44.0 Å². The number of rotatable bonds is 4. The quantitative estimate of drug-likeness (QED) is 0.849. The molecule has 0 bridgehead atoms. The number of halogens is 2. The Morgan fingerprint density at radius 1 is 1.47 bits per heavy atom. The second-order valence-electron chi connectivity index (χ2n) is 3.67. The molecular formula is C13H11BrClNO2S. The predicted molar refractivity (Wildman–Crippen MR) is 82.6 cm³/mol. The number of ether oxygens (including phenoxy) is 1. The van der Waals surface area contributed by atoms with Gasteiger partial charge in [0.2, 0.25) is 0 Å². The van der Waals surface area contributed by atoms with Gasteiger partial charge in [0.1, 0.15) is 5.75 Å².